The van der Waals surface area contributed by atoms with Crippen molar-refractivity contribution in [3.8, 4) is 16.9 Å². The molecule has 0 aliphatic rings. The lowest BCUT2D eigenvalue weighted by Gasteiger charge is -2.12. The normalized spacial score (nSPS) is 11.2. The first kappa shape index (κ1) is 22.8. The van der Waals surface area contributed by atoms with Gasteiger partial charge in [-0.3, -0.25) is 9.36 Å². The highest BCUT2D eigenvalue weighted by atomic mass is 79.9. The number of anilines is 1. The number of aromatic nitrogens is 3. The highest BCUT2D eigenvalue weighted by Gasteiger charge is 2.16. The monoisotopic (exact) mass is 534 g/mol. The topological polar surface area (TPSA) is 96.2 Å². The van der Waals surface area contributed by atoms with Crippen LogP contribution in [0.4, 0.5) is 10.2 Å². The van der Waals surface area contributed by atoms with E-state index in [9.17, 15) is 9.18 Å². The van der Waals surface area contributed by atoms with Gasteiger partial charge < -0.3 is 14.9 Å². The van der Waals surface area contributed by atoms with Gasteiger partial charge in [-0.2, -0.15) is 0 Å². The first-order chi connectivity index (χ1) is 16.9. The van der Waals surface area contributed by atoms with Crippen molar-refractivity contribution in [2.45, 2.75) is 13.0 Å². The van der Waals surface area contributed by atoms with Crippen molar-refractivity contribution < 1.29 is 13.5 Å². The summed E-state index contributed by atoms with van der Waals surface area (Å²) in [5.74, 6) is 0.489. The number of halogens is 2. The van der Waals surface area contributed by atoms with Gasteiger partial charge in [0.15, 0.2) is 11.4 Å². The van der Waals surface area contributed by atoms with Crippen molar-refractivity contribution in [2.24, 2.45) is 7.05 Å². The van der Waals surface area contributed by atoms with E-state index in [1.54, 1.807) is 25.4 Å². The summed E-state index contributed by atoms with van der Waals surface area (Å²) >= 11 is 3.37. The van der Waals surface area contributed by atoms with E-state index in [0.717, 1.165) is 5.56 Å². The summed E-state index contributed by atoms with van der Waals surface area (Å²) in [6.45, 7) is -0.0955. The van der Waals surface area contributed by atoms with Gasteiger partial charge in [0.1, 0.15) is 24.5 Å². The van der Waals surface area contributed by atoms with Gasteiger partial charge >= 0.3 is 0 Å². The Morgan fingerprint density at radius 2 is 1.94 bits per heavy atom. The summed E-state index contributed by atoms with van der Waals surface area (Å²) in [5.41, 5.74) is 8.21. The van der Waals surface area contributed by atoms with Crippen molar-refractivity contribution in [1.82, 2.24) is 14.5 Å². The van der Waals surface area contributed by atoms with Crippen LogP contribution >= 0.6 is 15.9 Å². The number of furan rings is 1. The maximum atomic E-state index is 15.0. The fraction of sp³-hybridized carbons (Fsp3) is 0.115. The molecule has 0 amide bonds. The number of rotatable bonds is 6. The second-order valence-electron chi connectivity index (χ2n) is 8.01. The molecule has 0 radical (unpaired) electrons. The molecule has 0 spiro atoms. The SMILES string of the molecule is Cn1c(Cc2ccccc2)ncc(-c2ccc(COc3c(N)ncc4c(Br)coc34)c(F)c2)c1=O. The predicted octanol–water partition coefficient (Wildman–Crippen LogP) is 5.24. The second kappa shape index (κ2) is 9.34. The van der Waals surface area contributed by atoms with E-state index in [4.69, 9.17) is 14.9 Å². The average molecular weight is 535 g/mol. The molecular formula is C26H20BrFN4O3. The number of fused-ring (bicyclic) bond motifs is 1. The maximum Gasteiger partial charge on any atom is 0.261 e. The lowest BCUT2D eigenvalue weighted by Crippen LogP contribution is -2.23. The van der Waals surface area contributed by atoms with Gasteiger partial charge in [0.25, 0.3) is 5.56 Å². The van der Waals surface area contributed by atoms with Crippen molar-refractivity contribution in [1.29, 1.82) is 0 Å². The molecule has 2 aromatic carbocycles. The van der Waals surface area contributed by atoms with Gasteiger partial charge in [0.2, 0.25) is 5.75 Å². The van der Waals surface area contributed by atoms with E-state index in [2.05, 4.69) is 25.9 Å². The Balaban J connectivity index is 1.38. The molecule has 9 heteroatoms. The van der Waals surface area contributed by atoms with Crippen LogP contribution in [0.5, 0.6) is 5.75 Å². The number of nitrogens with zero attached hydrogens (tertiary/aromatic N) is 3. The fourth-order valence-electron chi connectivity index (χ4n) is 3.79. The minimum absolute atomic E-state index is 0.0955. The molecule has 0 bridgehead atoms. The Bertz CT molecular complexity index is 1600. The zero-order chi connectivity index (χ0) is 24.5. The van der Waals surface area contributed by atoms with Gasteiger partial charge in [-0.15, -0.1) is 0 Å². The number of hydrogen-bond donors (Lipinski definition) is 1. The van der Waals surface area contributed by atoms with Crippen LogP contribution in [0.1, 0.15) is 17.0 Å². The van der Waals surface area contributed by atoms with E-state index >= 15 is 0 Å². The minimum atomic E-state index is -0.516. The molecule has 176 valence electrons. The van der Waals surface area contributed by atoms with Gasteiger partial charge in [0.05, 0.1) is 15.4 Å². The highest BCUT2D eigenvalue weighted by molar-refractivity contribution is 9.10. The summed E-state index contributed by atoms with van der Waals surface area (Å²) in [7, 11) is 1.67. The Kier molecular flexibility index (Phi) is 6.08. The standard InChI is InChI=1S/C26H20BrFN4O3/c1-32-22(9-15-5-3-2-4-6-15)30-11-18(26(32)33)16-7-8-17(21(28)10-16)13-34-24-23-19(12-31-25(24)29)20(27)14-35-23/h2-8,10-12,14H,9,13H2,1H3,(H2,29,31). The van der Waals surface area contributed by atoms with Crippen LogP contribution in [-0.4, -0.2) is 14.5 Å². The van der Waals surface area contributed by atoms with Crippen LogP contribution in [0.15, 0.2) is 80.9 Å². The van der Waals surface area contributed by atoms with Gasteiger partial charge in [-0.25, -0.2) is 14.4 Å². The summed E-state index contributed by atoms with van der Waals surface area (Å²) in [6.07, 6.45) is 5.09. The molecule has 5 aromatic rings. The summed E-state index contributed by atoms with van der Waals surface area (Å²) in [5, 5.41) is 0.698. The van der Waals surface area contributed by atoms with Crippen LogP contribution in [0.25, 0.3) is 22.1 Å². The molecule has 0 fully saturated rings. The lowest BCUT2D eigenvalue weighted by atomic mass is 10.1. The number of nitrogen functional groups attached to an aromatic ring is 1. The average Bonchev–Trinajstić information content (AvgIpc) is 3.23. The number of benzene rings is 2. The van der Waals surface area contributed by atoms with E-state index in [1.165, 1.54) is 23.1 Å². The fourth-order valence-corrected chi connectivity index (χ4v) is 4.17. The number of ether oxygens (including phenoxy) is 1. The summed E-state index contributed by atoms with van der Waals surface area (Å²) in [4.78, 5) is 21.6. The molecule has 7 nitrogen and oxygen atoms in total. The number of nitrogens with two attached hydrogens (primary N) is 1. The van der Waals surface area contributed by atoms with Crippen molar-refractivity contribution in [3.05, 3.63) is 105 Å². The largest absolute Gasteiger partial charge is 0.481 e. The summed E-state index contributed by atoms with van der Waals surface area (Å²) in [6, 6.07) is 14.3. The first-order valence-electron chi connectivity index (χ1n) is 10.7. The van der Waals surface area contributed by atoms with E-state index in [-0.39, 0.29) is 23.7 Å². The molecular weight excluding hydrogens is 515 g/mol. The van der Waals surface area contributed by atoms with Crippen molar-refractivity contribution in [3.63, 3.8) is 0 Å². The van der Waals surface area contributed by atoms with Crippen molar-refractivity contribution in [2.75, 3.05) is 5.73 Å². The quantitative estimate of drug-likeness (QED) is 0.320. The smallest absolute Gasteiger partial charge is 0.261 e. The molecule has 2 N–H and O–H groups in total. The predicted molar refractivity (Wildman–Crippen MR) is 135 cm³/mol. The molecule has 0 saturated carbocycles. The maximum absolute atomic E-state index is 15.0. The second-order valence-corrected chi connectivity index (χ2v) is 8.86. The molecule has 0 unspecified atom stereocenters. The first-order valence-corrected chi connectivity index (χ1v) is 11.5. The van der Waals surface area contributed by atoms with Crippen LogP contribution in [-0.2, 0) is 20.1 Å². The third-order valence-electron chi connectivity index (χ3n) is 5.76. The molecule has 0 saturated heterocycles. The number of pyridine rings is 1. The third kappa shape index (κ3) is 4.42. The van der Waals surface area contributed by atoms with Gasteiger partial charge in [-0.1, -0.05) is 42.5 Å². The lowest BCUT2D eigenvalue weighted by molar-refractivity contribution is 0.300. The van der Waals surface area contributed by atoms with Crippen molar-refractivity contribution >= 4 is 32.7 Å². The molecule has 3 heterocycles. The van der Waals surface area contributed by atoms with Crippen LogP contribution < -0.4 is 16.0 Å². The third-order valence-corrected chi connectivity index (χ3v) is 6.37. The zero-order valence-electron chi connectivity index (χ0n) is 18.7. The van der Waals surface area contributed by atoms with Gasteiger partial charge in [0, 0.05) is 31.4 Å². The van der Waals surface area contributed by atoms with E-state index in [0.29, 0.717) is 44.4 Å². The molecule has 3 aromatic heterocycles. The highest BCUT2D eigenvalue weighted by Crippen LogP contribution is 2.36. The summed E-state index contributed by atoms with van der Waals surface area (Å²) < 4.78 is 28.4. The molecule has 0 aliphatic carbocycles. The molecule has 0 atom stereocenters. The van der Waals surface area contributed by atoms with E-state index in [1.807, 2.05) is 30.3 Å². The minimum Gasteiger partial charge on any atom is -0.481 e. The van der Waals surface area contributed by atoms with Gasteiger partial charge in [-0.05, 0) is 33.1 Å². The zero-order valence-corrected chi connectivity index (χ0v) is 20.3. The van der Waals surface area contributed by atoms with Crippen LogP contribution in [0, 0.1) is 5.82 Å². The molecule has 5 rings (SSSR count). The Hall–Kier alpha value is -3.98. The Morgan fingerprint density at radius 3 is 2.71 bits per heavy atom. The van der Waals surface area contributed by atoms with E-state index < -0.39 is 5.82 Å². The molecule has 35 heavy (non-hydrogen) atoms. The Labute approximate surface area is 208 Å². The number of hydrogen-bond acceptors (Lipinski definition) is 6. The van der Waals surface area contributed by atoms with Crippen LogP contribution in [0.3, 0.4) is 0 Å². The Morgan fingerprint density at radius 1 is 1.14 bits per heavy atom. The molecule has 0 aliphatic heterocycles. The van der Waals surface area contributed by atoms with Crippen LogP contribution in [0.2, 0.25) is 0 Å².